The molecule has 0 spiro atoms. The molecule has 2 amide bonds. The molecule has 4 rings (SSSR count). The lowest BCUT2D eigenvalue weighted by Gasteiger charge is -2.25. The number of fused-ring (bicyclic) bond motifs is 1. The molecule has 0 N–H and O–H groups in total. The molecule has 2 aliphatic rings. The van der Waals surface area contributed by atoms with Crippen LogP contribution in [0, 0.1) is 17.8 Å². The topological polar surface area (TPSA) is 72.9 Å². The molecule has 1 aliphatic carbocycles. The van der Waals surface area contributed by atoms with E-state index in [1.54, 1.807) is 55.6 Å². The number of anilines is 1. The highest BCUT2D eigenvalue weighted by atomic mass is 16.5. The van der Waals surface area contributed by atoms with Gasteiger partial charge in [0.05, 0.1) is 24.6 Å². The van der Waals surface area contributed by atoms with Gasteiger partial charge in [0.2, 0.25) is 11.8 Å². The van der Waals surface area contributed by atoms with Crippen LogP contribution in [0.1, 0.15) is 36.5 Å². The first-order valence-corrected chi connectivity index (χ1v) is 10.3. The highest BCUT2D eigenvalue weighted by Gasteiger charge is 2.50. The first-order chi connectivity index (χ1) is 14.5. The van der Waals surface area contributed by atoms with Gasteiger partial charge in [0.15, 0.2) is 12.4 Å². The van der Waals surface area contributed by atoms with E-state index < -0.39 is 0 Å². The van der Waals surface area contributed by atoms with Crippen molar-refractivity contribution in [3.63, 3.8) is 0 Å². The van der Waals surface area contributed by atoms with Crippen molar-refractivity contribution in [2.45, 2.75) is 26.2 Å². The third kappa shape index (κ3) is 3.70. The van der Waals surface area contributed by atoms with Gasteiger partial charge in [0.1, 0.15) is 11.5 Å². The smallest absolute Gasteiger partial charge is 0.237 e. The monoisotopic (exact) mass is 407 g/mol. The van der Waals surface area contributed by atoms with Gasteiger partial charge in [-0.15, -0.1) is 0 Å². The van der Waals surface area contributed by atoms with Crippen LogP contribution >= 0.6 is 0 Å². The Labute approximate surface area is 175 Å². The fraction of sp³-hybridized carbons (Fsp3) is 0.375. The van der Waals surface area contributed by atoms with E-state index in [2.05, 4.69) is 6.92 Å². The predicted molar refractivity (Wildman–Crippen MR) is 112 cm³/mol. The minimum atomic E-state index is -0.257. The molecule has 1 heterocycles. The molecule has 2 aromatic rings. The number of benzene rings is 2. The number of hydrogen-bond acceptors (Lipinski definition) is 5. The Morgan fingerprint density at radius 3 is 2.60 bits per heavy atom. The summed E-state index contributed by atoms with van der Waals surface area (Å²) >= 11 is 0. The van der Waals surface area contributed by atoms with Crippen LogP contribution in [-0.2, 0) is 9.59 Å². The lowest BCUT2D eigenvalue weighted by molar-refractivity contribution is -0.122. The normalized spacial score (nSPS) is 23.3. The van der Waals surface area contributed by atoms with Gasteiger partial charge in [0.25, 0.3) is 0 Å². The van der Waals surface area contributed by atoms with E-state index in [-0.39, 0.29) is 36.0 Å². The van der Waals surface area contributed by atoms with Crippen molar-refractivity contribution >= 4 is 23.3 Å². The Morgan fingerprint density at radius 1 is 1.03 bits per heavy atom. The van der Waals surface area contributed by atoms with Crippen molar-refractivity contribution in [1.29, 1.82) is 0 Å². The summed E-state index contributed by atoms with van der Waals surface area (Å²) in [5, 5.41) is 0. The van der Waals surface area contributed by atoms with Crippen molar-refractivity contribution in [3.05, 3.63) is 54.1 Å². The number of amides is 2. The number of hydrogen-bond donors (Lipinski definition) is 0. The number of para-hydroxylation sites is 2. The average molecular weight is 407 g/mol. The minimum absolute atomic E-state index is 0.160. The molecule has 0 aromatic heterocycles. The van der Waals surface area contributed by atoms with Crippen LogP contribution in [0.25, 0.3) is 0 Å². The van der Waals surface area contributed by atoms with Crippen molar-refractivity contribution in [2.24, 2.45) is 17.8 Å². The molecule has 0 unspecified atom stereocenters. The van der Waals surface area contributed by atoms with Gasteiger partial charge in [-0.25, -0.2) is 4.90 Å². The van der Waals surface area contributed by atoms with Gasteiger partial charge in [0, 0.05) is 5.56 Å². The Balaban J connectivity index is 1.54. The van der Waals surface area contributed by atoms with Gasteiger partial charge in [-0.1, -0.05) is 31.2 Å². The number of methoxy groups -OCH3 is 1. The third-order valence-corrected chi connectivity index (χ3v) is 6.04. The fourth-order valence-electron chi connectivity index (χ4n) is 4.41. The van der Waals surface area contributed by atoms with Crippen LogP contribution in [-0.4, -0.2) is 31.3 Å². The summed E-state index contributed by atoms with van der Waals surface area (Å²) in [5.41, 5.74) is 0.883. The molecule has 1 saturated heterocycles. The second kappa shape index (κ2) is 8.30. The molecule has 6 nitrogen and oxygen atoms in total. The maximum Gasteiger partial charge on any atom is 0.237 e. The molecule has 1 aliphatic heterocycles. The largest absolute Gasteiger partial charge is 0.497 e. The number of Topliss-reactive ketones (excluding diaryl/α,β-unsaturated/α-hetero) is 1. The fourth-order valence-corrected chi connectivity index (χ4v) is 4.41. The Hall–Kier alpha value is -3.15. The molecule has 1 saturated carbocycles. The summed E-state index contributed by atoms with van der Waals surface area (Å²) in [4.78, 5) is 39.9. The molecule has 2 aromatic carbocycles. The van der Waals surface area contributed by atoms with E-state index in [9.17, 15) is 14.4 Å². The first kappa shape index (κ1) is 20.1. The van der Waals surface area contributed by atoms with Crippen LogP contribution in [0.5, 0.6) is 11.5 Å². The van der Waals surface area contributed by atoms with Gasteiger partial charge in [-0.05, 0) is 49.4 Å². The molecule has 6 heteroatoms. The summed E-state index contributed by atoms with van der Waals surface area (Å²) < 4.78 is 10.9. The molecular formula is C24H25NO5. The van der Waals surface area contributed by atoms with Gasteiger partial charge >= 0.3 is 0 Å². The number of ketones is 1. The number of carbonyl (C=O) groups is 3. The van der Waals surface area contributed by atoms with Crippen LogP contribution < -0.4 is 14.4 Å². The second-order valence-electron chi connectivity index (χ2n) is 8.05. The SMILES string of the molecule is COc1cccc(C(=O)COc2ccccc2N2C(=O)[C@H]3C[C@@H](C)CC[C@H]3C2=O)c1. The van der Waals surface area contributed by atoms with E-state index in [4.69, 9.17) is 9.47 Å². The van der Waals surface area contributed by atoms with Crippen LogP contribution in [0.2, 0.25) is 0 Å². The van der Waals surface area contributed by atoms with Crippen molar-refractivity contribution in [3.8, 4) is 11.5 Å². The molecule has 156 valence electrons. The molecule has 0 bridgehead atoms. The number of ether oxygens (including phenoxy) is 2. The number of imide groups is 1. The molecule has 0 radical (unpaired) electrons. The maximum absolute atomic E-state index is 13.0. The summed E-state index contributed by atoms with van der Waals surface area (Å²) in [6.45, 7) is 1.92. The Kier molecular flexibility index (Phi) is 5.57. The third-order valence-electron chi connectivity index (χ3n) is 6.04. The average Bonchev–Trinajstić information content (AvgIpc) is 3.01. The zero-order valence-corrected chi connectivity index (χ0v) is 17.2. The summed E-state index contributed by atoms with van der Waals surface area (Å²) in [7, 11) is 1.54. The second-order valence-corrected chi connectivity index (χ2v) is 8.05. The highest BCUT2D eigenvalue weighted by molar-refractivity contribution is 6.22. The molecule has 3 atom stereocenters. The zero-order valence-electron chi connectivity index (χ0n) is 17.2. The minimum Gasteiger partial charge on any atom is -0.497 e. The summed E-state index contributed by atoms with van der Waals surface area (Å²) in [5.74, 6) is 0.334. The summed E-state index contributed by atoms with van der Waals surface area (Å²) in [6.07, 6.45) is 2.44. The number of carbonyl (C=O) groups excluding carboxylic acids is 3. The Bertz CT molecular complexity index is 985. The van der Waals surface area contributed by atoms with Gasteiger partial charge in [-0.2, -0.15) is 0 Å². The molecular weight excluding hydrogens is 382 g/mol. The predicted octanol–water partition coefficient (Wildman–Crippen LogP) is 3.88. The van der Waals surface area contributed by atoms with E-state index >= 15 is 0 Å². The van der Waals surface area contributed by atoms with Crippen LogP contribution in [0.15, 0.2) is 48.5 Å². The maximum atomic E-state index is 13.0. The van der Waals surface area contributed by atoms with E-state index in [1.807, 2.05) is 0 Å². The standard InChI is InChI=1S/C24H25NO5/c1-15-10-11-18-19(12-15)24(28)25(23(18)27)20-8-3-4-9-22(20)30-14-21(26)16-6-5-7-17(13-16)29-2/h3-9,13,15,18-19H,10-12,14H2,1-2H3/t15-,18+,19-/m0/s1. The molecule has 2 fully saturated rings. The number of nitrogens with zero attached hydrogens (tertiary/aromatic N) is 1. The zero-order chi connectivity index (χ0) is 21.3. The summed E-state index contributed by atoms with van der Waals surface area (Å²) in [6, 6.07) is 13.7. The van der Waals surface area contributed by atoms with E-state index in [0.29, 0.717) is 28.7 Å². The van der Waals surface area contributed by atoms with E-state index in [1.165, 1.54) is 4.90 Å². The lowest BCUT2D eigenvalue weighted by atomic mass is 9.76. The van der Waals surface area contributed by atoms with Crippen molar-refractivity contribution in [2.75, 3.05) is 18.6 Å². The lowest BCUT2D eigenvalue weighted by Crippen LogP contribution is -2.31. The Morgan fingerprint density at radius 2 is 1.80 bits per heavy atom. The van der Waals surface area contributed by atoms with Crippen molar-refractivity contribution in [1.82, 2.24) is 0 Å². The van der Waals surface area contributed by atoms with Gasteiger partial charge in [-0.3, -0.25) is 14.4 Å². The van der Waals surface area contributed by atoms with Gasteiger partial charge < -0.3 is 9.47 Å². The van der Waals surface area contributed by atoms with Crippen LogP contribution in [0.4, 0.5) is 5.69 Å². The first-order valence-electron chi connectivity index (χ1n) is 10.3. The molecule has 30 heavy (non-hydrogen) atoms. The highest BCUT2D eigenvalue weighted by Crippen LogP contribution is 2.44. The number of rotatable bonds is 6. The van der Waals surface area contributed by atoms with E-state index in [0.717, 1.165) is 19.3 Å². The van der Waals surface area contributed by atoms with Crippen molar-refractivity contribution < 1.29 is 23.9 Å². The van der Waals surface area contributed by atoms with Crippen LogP contribution in [0.3, 0.4) is 0 Å². The quantitative estimate of drug-likeness (QED) is 0.537.